The molecule has 72 valence electrons. The van der Waals surface area contributed by atoms with Gasteiger partial charge in [0.1, 0.15) is 6.54 Å². The number of halogens is 2. The Kier molecular flexibility index (Phi) is 2.44. The van der Waals surface area contributed by atoms with Crippen LogP contribution in [-0.2, 0) is 4.79 Å². The third kappa shape index (κ3) is 1.74. The van der Waals surface area contributed by atoms with Gasteiger partial charge in [0.05, 0.1) is 16.9 Å². The van der Waals surface area contributed by atoms with Crippen molar-refractivity contribution in [2.24, 2.45) is 5.10 Å². The highest BCUT2D eigenvalue weighted by atomic mass is 35.5. The maximum absolute atomic E-state index is 10.9. The number of nitrogens with zero attached hydrogens (tertiary/aromatic N) is 2. The Bertz CT molecular complexity index is 417. The van der Waals surface area contributed by atoms with Gasteiger partial charge in [-0.25, -0.2) is 0 Å². The molecule has 1 heterocycles. The molecule has 0 saturated carbocycles. The Morgan fingerprint density at radius 2 is 2.14 bits per heavy atom. The molecule has 2 rings (SSSR count). The average molecular weight is 229 g/mol. The molecule has 0 fully saturated rings. The number of ketones is 1. The average Bonchev–Trinajstić information content (AvgIpc) is 2.51. The lowest BCUT2D eigenvalue weighted by Gasteiger charge is -2.14. The SMILES string of the molecule is O=C1C=NN(c2ccc(Cl)cc2Cl)C1. The topological polar surface area (TPSA) is 32.7 Å². The van der Waals surface area contributed by atoms with Crippen molar-refractivity contribution in [2.75, 3.05) is 11.6 Å². The zero-order valence-corrected chi connectivity index (χ0v) is 8.59. The van der Waals surface area contributed by atoms with E-state index in [9.17, 15) is 4.79 Å². The summed E-state index contributed by atoms with van der Waals surface area (Å²) < 4.78 is 0. The molecule has 0 atom stereocenters. The van der Waals surface area contributed by atoms with E-state index in [0.717, 1.165) is 0 Å². The van der Waals surface area contributed by atoms with Gasteiger partial charge >= 0.3 is 0 Å². The number of Topliss-reactive ketones (excluding diaryl/α,β-unsaturated/α-hetero) is 1. The molecule has 5 heteroatoms. The minimum atomic E-state index is -0.0315. The van der Waals surface area contributed by atoms with Gasteiger partial charge in [0.15, 0.2) is 5.78 Å². The Balaban J connectivity index is 2.33. The van der Waals surface area contributed by atoms with Crippen molar-refractivity contribution >= 4 is 40.9 Å². The summed E-state index contributed by atoms with van der Waals surface area (Å²) in [5.74, 6) is -0.0315. The normalized spacial score (nSPS) is 15.3. The fourth-order valence-corrected chi connectivity index (χ4v) is 1.71. The third-order valence-corrected chi connectivity index (χ3v) is 2.37. The molecule has 0 unspecified atom stereocenters. The van der Waals surface area contributed by atoms with Crippen molar-refractivity contribution in [3.63, 3.8) is 0 Å². The van der Waals surface area contributed by atoms with Crippen LogP contribution in [-0.4, -0.2) is 18.5 Å². The molecule has 3 nitrogen and oxygen atoms in total. The lowest BCUT2D eigenvalue weighted by atomic mass is 10.3. The molecule has 0 saturated heterocycles. The van der Waals surface area contributed by atoms with E-state index in [-0.39, 0.29) is 12.3 Å². The number of carbonyl (C=O) groups excluding carboxylic acids is 1. The molecular formula is C9H6Cl2N2O. The Hall–Kier alpha value is -1.06. The van der Waals surface area contributed by atoms with Gasteiger partial charge < -0.3 is 0 Å². The van der Waals surface area contributed by atoms with Gasteiger partial charge in [-0.2, -0.15) is 5.10 Å². The summed E-state index contributed by atoms with van der Waals surface area (Å²) in [6.07, 6.45) is 1.28. The van der Waals surface area contributed by atoms with Gasteiger partial charge in [-0.15, -0.1) is 0 Å². The minimum absolute atomic E-state index is 0.0315. The highest BCUT2D eigenvalue weighted by Crippen LogP contribution is 2.29. The first-order valence-corrected chi connectivity index (χ1v) is 4.72. The van der Waals surface area contributed by atoms with E-state index in [2.05, 4.69) is 5.10 Å². The molecule has 1 aromatic carbocycles. The summed E-state index contributed by atoms with van der Waals surface area (Å²) in [5.41, 5.74) is 0.693. The van der Waals surface area contributed by atoms with Crippen molar-refractivity contribution < 1.29 is 4.79 Å². The van der Waals surface area contributed by atoms with Crippen LogP contribution in [0.5, 0.6) is 0 Å². The van der Waals surface area contributed by atoms with Gasteiger partial charge in [0.25, 0.3) is 0 Å². The molecule has 1 aliphatic heterocycles. The second-order valence-corrected chi connectivity index (χ2v) is 3.71. The summed E-state index contributed by atoms with van der Waals surface area (Å²) in [4.78, 5) is 10.9. The van der Waals surface area contributed by atoms with Crippen LogP contribution >= 0.6 is 23.2 Å². The number of hydrogen-bond donors (Lipinski definition) is 0. The van der Waals surface area contributed by atoms with Crippen LogP contribution in [0.2, 0.25) is 10.0 Å². The van der Waals surface area contributed by atoms with Crippen LogP contribution in [0.25, 0.3) is 0 Å². The molecule has 0 aromatic heterocycles. The highest BCUT2D eigenvalue weighted by Gasteiger charge is 2.17. The highest BCUT2D eigenvalue weighted by molar-refractivity contribution is 6.37. The van der Waals surface area contributed by atoms with Crippen molar-refractivity contribution in [1.82, 2.24) is 0 Å². The number of carbonyl (C=O) groups is 1. The molecule has 0 N–H and O–H groups in total. The lowest BCUT2D eigenvalue weighted by molar-refractivity contribution is -0.110. The smallest absolute Gasteiger partial charge is 0.197 e. The fourth-order valence-electron chi connectivity index (χ4n) is 1.20. The first-order valence-electron chi connectivity index (χ1n) is 3.96. The largest absolute Gasteiger partial charge is 0.291 e. The van der Waals surface area contributed by atoms with Crippen LogP contribution in [0.1, 0.15) is 0 Å². The van der Waals surface area contributed by atoms with Crippen LogP contribution < -0.4 is 5.01 Å². The molecule has 1 aliphatic rings. The molecule has 0 amide bonds. The van der Waals surface area contributed by atoms with Crippen LogP contribution in [0.4, 0.5) is 5.69 Å². The Morgan fingerprint density at radius 3 is 2.71 bits per heavy atom. The predicted octanol–water partition coefficient (Wildman–Crippen LogP) is 2.37. The maximum Gasteiger partial charge on any atom is 0.197 e. The van der Waals surface area contributed by atoms with Crippen molar-refractivity contribution in [1.29, 1.82) is 0 Å². The Labute approximate surface area is 90.9 Å². The van der Waals surface area contributed by atoms with E-state index in [4.69, 9.17) is 23.2 Å². The van der Waals surface area contributed by atoms with E-state index in [0.29, 0.717) is 15.7 Å². The summed E-state index contributed by atoms with van der Waals surface area (Å²) in [6.45, 7) is 0.237. The Morgan fingerprint density at radius 1 is 1.36 bits per heavy atom. The standard InChI is InChI=1S/C9H6Cl2N2O/c10-6-1-2-9(8(11)3-6)13-5-7(14)4-12-13/h1-4H,5H2. The molecule has 0 spiro atoms. The second-order valence-electron chi connectivity index (χ2n) is 2.86. The predicted molar refractivity (Wildman–Crippen MR) is 57.3 cm³/mol. The molecule has 14 heavy (non-hydrogen) atoms. The minimum Gasteiger partial charge on any atom is -0.291 e. The van der Waals surface area contributed by atoms with Gasteiger partial charge in [-0.1, -0.05) is 23.2 Å². The van der Waals surface area contributed by atoms with Crippen LogP contribution in [0.3, 0.4) is 0 Å². The summed E-state index contributed by atoms with van der Waals surface area (Å²) in [7, 11) is 0. The van der Waals surface area contributed by atoms with Gasteiger partial charge in [-0.3, -0.25) is 9.80 Å². The second kappa shape index (κ2) is 3.59. The van der Waals surface area contributed by atoms with Crippen LogP contribution in [0.15, 0.2) is 23.3 Å². The van der Waals surface area contributed by atoms with Crippen LogP contribution in [0, 0.1) is 0 Å². The van der Waals surface area contributed by atoms with Crippen molar-refractivity contribution in [2.45, 2.75) is 0 Å². The van der Waals surface area contributed by atoms with E-state index >= 15 is 0 Å². The molecule has 1 aromatic rings. The zero-order chi connectivity index (χ0) is 10.1. The maximum atomic E-state index is 10.9. The number of rotatable bonds is 1. The number of hydrazone groups is 1. The van der Waals surface area contributed by atoms with Crippen molar-refractivity contribution in [3.05, 3.63) is 28.2 Å². The monoisotopic (exact) mass is 228 g/mol. The summed E-state index contributed by atoms with van der Waals surface area (Å²) in [6, 6.07) is 5.07. The van der Waals surface area contributed by atoms with E-state index in [1.54, 1.807) is 23.2 Å². The molecule has 0 radical (unpaired) electrons. The lowest BCUT2D eigenvalue weighted by Crippen LogP contribution is -2.17. The first-order chi connectivity index (χ1) is 6.66. The van der Waals surface area contributed by atoms with E-state index in [1.807, 2.05) is 0 Å². The summed E-state index contributed by atoms with van der Waals surface area (Å²) in [5, 5.41) is 6.50. The zero-order valence-electron chi connectivity index (χ0n) is 7.08. The fraction of sp³-hybridized carbons (Fsp3) is 0.111. The summed E-state index contributed by atoms with van der Waals surface area (Å²) >= 11 is 11.7. The number of benzene rings is 1. The molecular weight excluding hydrogens is 223 g/mol. The molecule has 0 aliphatic carbocycles. The van der Waals surface area contributed by atoms with Gasteiger partial charge in [0, 0.05) is 5.02 Å². The van der Waals surface area contributed by atoms with Gasteiger partial charge in [-0.05, 0) is 18.2 Å². The number of anilines is 1. The van der Waals surface area contributed by atoms with E-state index < -0.39 is 0 Å². The molecule has 0 bridgehead atoms. The van der Waals surface area contributed by atoms with E-state index in [1.165, 1.54) is 6.21 Å². The van der Waals surface area contributed by atoms with Gasteiger partial charge in [0.2, 0.25) is 0 Å². The van der Waals surface area contributed by atoms with Crippen molar-refractivity contribution in [3.8, 4) is 0 Å². The number of hydrogen-bond acceptors (Lipinski definition) is 3. The quantitative estimate of drug-likeness (QED) is 0.740. The first kappa shape index (κ1) is 9.49. The third-order valence-electron chi connectivity index (χ3n) is 1.83.